The van der Waals surface area contributed by atoms with Crippen molar-refractivity contribution in [1.82, 2.24) is 29.9 Å². The Kier molecular flexibility index (Phi) is 10.6. The molecule has 0 radical (unpaired) electrons. The quantitative estimate of drug-likeness (QED) is 0.147. The number of thiazole rings is 1. The molecular formula is C47H50ClN7O5S. The van der Waals surface area contributed by atoms with Crippen molar-refractivity contribution in [2.24, 2.45) is 5.92 Å². The zero-order valence-electron chi connectivity index (χ0n) is 35.2. The van der Waals surface area contributed by atoms with Gasteiger partial charge in [-0.15, -0.1) is 11.3 Å². The Hall–Kier alpha value is -5.37. The molecule has 316 valence electrons. The fourth-order valence-corrected chi connectivity index (χ4v) is 10.7. The second kappa shape index (κ2) is 15.8. The third kappa shape index (κ3) is 7.23. The lowest BCUT2D eigenvalue weighted by atomic mass is 9.81. The molecule has 9 rings (SSSR count). The first-order valence-electron chi connectivity index (χ1n) is 21.1. The maximum atomic E-state index is 14.4. The summed E-state index contributed by atoms with van der Waals surface area (Å²) < 4.78 is 8.01. The molecule has 14 heteroatoms. The lowest BCUT2D eigenvalue weighted by Crippen LogP contribution is -2.48. The molecule has 2 amide bonds. The Morgan fingerprint density at radius 3 is 2.49 bits per heavy atom. The van der Waals surface area contributed by atoms with Crippen LogP contribution in [-0.2, 0) is 15.0 Å². The molecule has 2 saturated heterocycles. The van der Waals surface area contributed by atoms with E-state index in [0.29, 0.717) is 33.7 Å². The number of nitrogens with one attached hydrogen (secondary N) is 1. The Bertz CT molecular complexity index is 2720. The van der Waals surface area contributed by atoms with E-state index in [9.17, 15) is 19.5 Å². The van der Waals surface area contributed by atoms with Crippen molar-refractivity contribution in [3.63, 3.8) is 0 Å². The molecule has 6 aromatic rings. The number of aryl methyl sites for hydroxylation is 1. The first kappa shape index (κ1) is 41.0. The van der Waals surface area contributed by atoms with Gasteiger partial charge in [-0.3, -0.25) is 19.0 Å². The van der Waals surface area contributed by atoms with Crippen molar-refractivity contribution in [3.8, 4) is 16.1 Å². The minimum absolute atomic E-state index is 0.0672. The van der Waals surface area contributed by atoms with Crippen molar-refractivity contribution in [2.75, 3.05) is 24.5 Å². The van der Waals surface area contributed by atoms with Gasteiger partial charge in [0.25, 0.3) is 5.56 Å². The van der Waals surface area contributed by atoms with E-state index in [1.807, 2.05) is 75.7 Å². The molecule has 61 heavy (non-hydrogen) atoms. The van der Waals surface area contributed by atoms with Crippen LogP contribution in [0.2, 0.25) is 5.02 Å². The Morgan fingerprint density at radius 1 is 1.03 bits per heavy atom. The number of anilines is 1. The predicted octanol–water partition coefficient (Wildman–Crippen LogP) is 8.06. The van der Waals surface area contributed by atoms with E-state index >= 15 is 0 Å². The van der Waals surface area contributed by atoms with Gasteiger partial charge >= 0.3 is 0 Å². The minimum Gasteiger partial charge on any atom is -0.391 e. The fraction of sp³-hybridized carbons (Fsp3) is 0.404. The van der Waals surface area contributed by atoms with E-state index in [1.54, 1.807) is 17.4 Å². The summed E-state index contributed by atoms with van der Waals surface area (Å²) in [6.07, 6.45) is 1.13. The summed E-state index contributed by atoms with van der Waals surface area (Å²) >= 11 is 8.07. The van der Waals surface area contributed by atoms with Crippen LogP contribution in [0, 0.1) is 12.8 Å². The summed E-state index contributed by atoms with van der Waals surface area (Å²) in [5, 5.41) is 19.1. The van der Waals surface area contributed by atoms with Crippen LogP contribution < -0.4 is 15.8 Å². The van der Waals surface area contributed by atoms with Crippen LogP contribution in [0.5, 0.6) is 0 Å². The number of carbonyl (C=O) groups excluding carboxylic acids is 2. The number of benzene rings is 3. The van der Waals surface area contributed by atoms with E-state index in [2.05, 4.69) is 62.0 Å². The van der Waals surface area contributed by atoms with Crippen molar-refractivity contribution in [2.45, 2.75) is 96.2 Å². The first-order valence-corrected chi connectivity index (χ1v) is 22.3. The number of fused-ring (bicyclic) bond motifs is 5. The van der Waals surface area contributed by atoms with Gasteiger partial charge in [0.05, 0.1) is 55.3 Å². The number of piperidine rings is 1. The number of β-amino-alcohol motifs (C(OH)–C–C–N with tert-alkyl or cyclic N) is 1. The Labute approximate surface area is 363 Å². The van der Waals surface area contributed by atoms with E-state index in [4.69, 9.17) is 16.1 Å². The number of aliphatic hydroxyl groups excluding tert-OH is 1. The maximum Gasteiger partial charge on any atom is 0.282 e. The number of amides is 2. The molecule has 3 aromatic heterocycles. The summed E-state index contributed by atoms with van der Waals surface area (Å²) in [5.74, 6) is 0.757. The molecule has 0 bridgehead atoms. The van der Waals surface area contributed by atoms with E-state index in [-0.39, 0.29) is 42.3 Å². The highest BCUT2D eigenvalue weighted by atomic mass is 35.5. The molecule has 4 atom stereocenters. The van der Waals surface area contributed by atoms with Gasteiger partial charge in [-0.25, -0.2) is 4.98 Å². The van der Waals surface area contributed by atoms with Crippen molar-refractivity contribution in [3.05, 3.63) is 122 Å². The zero-order chi connectivity index (χ0) is 42.9. The maximum absolute atomic E-state index is 14.4. The molecule has 3 aromatic carbocycles. The molecular weight excluding hydrogens is 810 g/mol. The Balaban J connectivity index is 0.865. The molecule has 6 heterocycles. The number of hydrogen-bond donors (Lipinski definition) is 2. The molecule has 2 unspecified atom stereocenters. The van der Waals surface area contributed by atoms with Crippen molar-refractivity contribution >= 4 is 51.5 Å². The van der Waals surface area contributed by atoms with Crippen LogP contribution in [0.3, 0.4) is 0 Å². The molecule has 12 nitrogen and oxygen atoms in total. The van der Waals surface area contributed by atoms with Gasteiger partial charge < -0.3 is 24.7 Å². The highest BCUT2D eigenvalue weighted by molar-refractivity contribution is 7.13. The van der Waals surface area contributed by atoms with Gasteiger partial charge in [0, 0.05) is 32.1 Å². The van der Waals surface area contributed by atoms with Crippen LogP contribution in [0.4, 0.5) is 5.82 Å². The normalized spacial score (nSPS) is 19.6. The number of halogens is 1. The van der Waals surface area contributed by atoms with Gasteiger partial charge in [0.2, 0.25) is 11.8 Å². The zero-order valence-corrected chi connectivity index (χ0v) is 36.8. The van der Waals surface area contributed by atoms with E-state index in [1.165, 1.54) is 10.5 Å². The number of carbonyl (C=O) groups is 2. The molecule has 3 aliphatic rings. The third-order valence-electron chi connectivity index (χ3n) is 13.0. The summed E-state index contributed by atoms with van der Waals surface area (Å²) in [4.78, 5) is 55.0. The summed E-state index contributed by atoms with van der Waals surface area (Å²) in [6, 6.07) is 20.9. The topological polar surface area (TPSA) is 147 Å². The predicted molar refractivity (Wildman–Crippen MR) is 238 cm³/mol. The van der Waals surface area contributed by atoms with Crippen LogP contribution in [0.1, 0.15) is 106 Å². The number of rotatable bonds is 9. The van der Waals surface area contributed by atoms with Crippen LogP contribution in [0.15, 0.2) is 81.6 Å². The smallest absolute Gasteiger partial charge is 0.282 e. The Morgan fingerprint density at radius 2 is 1.79 bits per heavy atom. The number of aromatic nitrogens is 4. The lowest BCUT2D eigenvalue weighted by molar-refractivity contribution is -0.141. The first-order chi connectivity index (χ1) is 29.2. The molecule has 0 saturated carbocycles. The summed E-state index contributed by atoms with van der Waals surface area (Å²) in [6.45, 7) is 13.6. The van der Waals surface area contributed by atoms with Gasteiger partial charge in [0.1, 0.15) is 17.8 Å². The number of likely N-dealkylation sites (tertiary alicyclic amines) is 1. The summed E-state index contributed by atoms with van der Waals surface area (Å²) in [5.41, 5.74) is 8.19. The van der Waals surface area contributed by atoms with E-state index < -0.39 is 23.5 Å². The van der Waals surface area contributed by atoms with Gasteiger partial charge in [-0.2, -0.15) is 4.98 Å². The average molecular weight is 860 g/mol. The van der Waals surface area contributed by atoms with Crippen molar-refractivity contribution in [1.29, 1.82) is 0 Å². The molecule has 2 fully saturated rings. The number of hydrogen-bond acceptors (Lipinski definition) is 10. The van der Waals surface area contributed by atoms with Gasteiger partial charge in [-0.1, -0.05) is 73.1 Å². The number of aliphatic hydroxyl groups is 1. The standard InChI is InChI=1S/C47H50ClN7O5S/c1-25(2)40(45(59)54-23-32(56)21-37(54)43(57)50-26(3)28-10-12-30(13-11-28)42-27(4)49-24-61-42)38-22-39(52-60-38)53-18-16-29(17-19-53)31-14-15-35-33(20-31)47(5,6)46-51-44(58)41-34(48)8-7-9-36(41)55(35)46/h7-15,20,22,24-26,29,32,37,40,56H,16-19,21,23H2,1-6H3,(H,50,57)/t26-,32?,37-,40?/m0/s1. The highest BCUT2D eigenvalue weighted by Crippen LogP contribution is 2.45. The second-order valence-corrected chi connectivity index (χ2v) is 19.0. The third-order valence-corrected chi connectivity index (χ3v) is 14.3. The average Bonchev–Trinajstić information content (AvgIpc) is 4.04. The highest BCUT2D eigenvalue weighted by Gasteiger charge is 2.44. The summed E-state index contributed by atoms with van der Waals surface area (Å²) in [7, 11) is 0. The molecule has 0 spiro atoms. The van der Waals surface area contributed by atoms with Gasteiger partial charge in [0.15, 0.2) is 11.6 Å². The molecule has 2 N–H and O–H groups in total. The largest absolute Gasteiger partial charge is 0.391 e. The lowest BCUT2D eigenvalue weighted by Gasteiger charge is -2.32. The van der Waals surface area contributed by atoms with Crippen LogP contribution in [0.25, 0.3) is 27.0 Å². The second-order valence-electron chi connectivity index (χ2n) is 17.7. The SMILES string of the molecule is Cc1ncsc1-c1ccc([C@H](C)NC(=O)[C@@H]2CC(O)CN2C(=O)C(c2cc(N3CCC(c4ccc5c(c4)C(C)(C)c4nc(=O)c6c(Cl)cccc6n4-5)CC3)no2)C(C)C)cc1. The number of nitrogens with zero attached hydrogens (tertiary/aromatic N) is 6. The van der Waals surface area contributed by atoms with E-state index in [0.717, 1.165) is 64.4 Å². The molecule has 3 aliphatic heterocycles. The van der Waals surface area contributed by atoms with Crippen molar-refractivity contribution < 1.29 is 19.2 Å². The monoisotopic (exact) mass is 859 g/mol. The minimum atomic E-state index is -0.817. The van der Waals surface area contributed by atoms with Gasteiger partial charge in [-0.05, 0) is 92.8 Å². The van der Waals surface area contributed by atoms with Crippen LogP contribution in [-0.4, -0.2) is 73.3 Å². The fourth-order valence-electron chi connectivity index (χ4n) is 9.65. The molecule has 0 aliphatic carbocycles. The van der Waals surface area contributed by atoms with Crippen LogP contribution >= 0.6 is 22.9 Å².